The van der Waals surface area contributed by atoms with E-state index in [-0.39, 0.29) is 0 Å². The third kappa shape index (κ3) is 2.39. The summed E-state index contributed by atoms with van der Waals surface area (Å²) in [6.07, 6.45) is 2.76. The number of nitrogens with zero attached hydrogens (tertiary/aromatic N) is 2. The van der Waals surface area contributed by atoms with Crippen LogP contribution in [0.15, 0.2) is 54.7 Å². The Labute approximate surface area is 138 Å². The summed E-state index contributed by atoms with van der Waals surface area (Å²) in [4.78, 5) is 3.31. The number of hydrogen-bond acceptors (Lipinski definition) is 2. The smallest absolute Gasteiger partial charge is 0.199 e. The fourth-order valence-corrected chi connectivity index (χ4v) is 3.21. The largest absolute Gasteiger partial charge is 0.361 e. The van der Waals surface area contributed by atoms with Gasteiger partial charge in [0, 0.05) is 23.5 Å². The molecule has 2 heterocycles. The zero-order valence-electron chi connectivity index (χ0n) is 12.7. The van der Waals surface area contributed by atoms with Crippen molar-refractivity contribution in [1.29, 1.82) is 0 Å². The van der Waals surface area contributed by atoms with Gasteiger partial charge in [-0.25, -0.2) is 0 Å². The van der Waals surface area contributed by atoms with E-state index in [0.29, 0.717) is 11.2 Å². The molecular formula is C18H16N4S. The van der Waals surface area contributed by atoms with Gasteiger partial charge >= 0.3 is 0 Å². The van der Waals surface area contributed by atoms with Gasteiger partial charge in [-0.15, -0.1) is 0 Å². The summed E-state index contributed by atoms with van der Waals surface area (Å²) in [5.41, 5.74) is 4.59. The Morgan fingerprint density at radius 2 is 1.87 bits per heavy atom. The van der Waals surface area contributed by atoms with Crippen LogP contribution < -0.4 is 0 Å². The zero-order chi connectivity index (χ0) is 15.8. The van der Waals surface area contributed by atoms with Crippen LogP contribution in [0.25, 0.3) is 16.6 Å². The molecule has 0 fully saturated rings. The Morgan fingerprint density at radius 1 is 1.09 bits per heavy atom. The van der Waals surface area contributed by atoms with Gasteiger partial charge in [-0.2, -0.15) is 5.10 Å². The van der Waals surface area contributed by atoms with Gasteiger partial charge in [-0.05, 0) is 42.4 Å². The SMILES string of the molecule is Cc1ccccc1-n1c(Cc2c[nH]c3ccccc23)n[nH]c1=S. The average Bonchev–Trinajstić information content (AvgIpc) is 3.13. The highest BCUT2D eigenvalue weighted by atomic mass is 32.1. The van der Waals surface area contributed by atoms with Crippen molar-refractivity contribution in [1.82, 2.24) is 19.7 Å². The van der Waals surface area contributed by atoms with Crippen LogP contribution in [0.1, 0.15) is 17.0 Å². The fourth-order valence-electron chi connectivity index (χ4n) is 2.96. The summed E-state index contributed by atoms with van der Waals surface area (Å²) < 4.78 is 2.64. The minimum atomic E-state index is 0.620. The van der Waals surface area contributed by atoms with Crippen LogP contribution in [0, 0.1) is 11.7 Å². The van der Waals surface area contributed by atoms with Crippen molar-refractivity contribution in [3.8, 4) is 5.69 Å². The number of aromatic nitrogens is 4. The van der Waals surface area contributed by atoms with Gasteiger partial charge in [0.2, 0.25) is 0 Å². The number of para-hydroxylation sites is 2. The number of aromatic amines is 2. The molecule has 0 saturated carbocycles. The first-order valence-corrected chi connectivity index (χ1v) is 7.92. The Morgan fingerprint density at radius 3 is 2.74 bits per heavy atom. The van der Waals surface area contributed by atoms with E-state index in [4.69, 9.17) is 12.2 Å². The number of H-pyrrole nitrogens is 2. The second-order valence-corrected chi connectivity index (χ2v) is 5.99. The third-order valence-corrected chi connectivity index (χ3v) is 4.40. The predicted octanol–water partition coefficient (Wildman–Crippen LogP) is 4.31. The van der Waals surface area contributed by atoms with Gasteiger partial charge in [0.1, 0.15) is 5.82 Å². The molecule has 4 aromatic rings. The van der Waals surface area contributed by atoms with Crippen molar-refractivity contribution in [2.75, 3.05) is 0 Å². The molecule has 114 valence electrons. The molecule has 2 N–H and O–H groups in total. The topological polar surface area (TPSA) is 49.4 Å². The van der Waals surface area contributed by atoms with Crippen LogP contribution >= 0.6 is 12.2 Å². The highest BCUT2D eigenvalue weighted by Crippen LogP contribution is 2.22. The second kappa shape index (κ2) is 5.52. The van der Waals surface area contributed by atoms with Crippen molar-refractivity contribution in [3.05, 3.63) is 76.5 Å². The molecule has 0 radical (unpaired) electrons. The number of aryl methyl sites for hydroxylation is 1. The summed E-state index contributed by atoms with van der Waals surface area (Å²) in [5.74, 6) is 0.911. The molecule has 2 aromatic heterocycles. The summed E-state index contributed by atoms with van der Waals surface area (Å²) in [7, 11) is 0. The normalized spacial score (nSPS) is 11.2. The average molecular weight is 320 g/mol. The Kier molecular flexibility index (Phi) is 3.35. The number of fused-ring (bicyclic) bond motifs is 1. The van der Waals surface area contributed by atoms with Gasteiger partial charge in [-0.3, -0.25) is 9.67 Å². The van der Waals surface area contributed by atoms with Gasteiger partial charge in [0.15, 0.2) is 4.77 Å². The van der Waals surface area contributed by atoms with Gasteiger partial charge < -0.3 is 4.98 Å². The van der Waals surface area contributed by atoms with Crippen molar-refractivity contribution in [2.45, 2.75) is 13.3 Å². The molecule has 0 bridgehead atoms. The quantitative estimate of drug-likeness (QED) is 0.553. The lowest BCUT2D eigenvalue weighted by molar-refractivity contribution is 0.900. The van der Waals surface area contributed by atoms with E-state index in [0.717, 1.165) is 17.0 Å². The van der Waals surface area contributed by atoms with Crippen LogP contribution in [0.4, 0.5) is 0 Å². The number of rotatable bonds is 3. The first-order valence-electron chi connectivity index (χ1n) is 7.51. The monoisotopic (exact) mass is 320 g/mol. The maximum atomic E-state index is 5.44. The van der Waals surface area contributed by atoms with Crippen molar-refractivity contribution < 1.29 is 0 Å². The molecule has 0 amide bonds. The summed E-state index contributed by atoms with van der Waals surface area (Å²) in [6, 6.07) is 16.5. The second-order valence-electron chi connectivity index (χ2n) is 5.60. The molecule has 5 heteroatoms. The molecular weight excluding hydrogens is 304 g/mol. The van der Waals surface area contributed by atoms with Crippen molar-refractivity contribution >= 4 is 23.1 Å². The van der Waals surface area contributed by atoms with E-state index in [2.05, 4.69) is 52.4 Å². The summed E-state index contributed by atoms with van der Waals surface area (Å²) >= 11 is 5.44. The van der Waals surface area contributed by atoms with Gasteiger partial charge in [-0.1, -0.05) is 36.4 Å². The third-order valence-electron chi connectivity index (χ3n) is 4.12. The molecule has 0 aliphatic rings. The van der Waals surface area contributed by atoms with Crippen LogP contribution in [-0.2, 0) is 6.42 Å². The minimum absolute atomic E-state index is 0.620. The summed E-state index contributed by atoms with van der Waals surface area (Å²) in [6.45, 7) is 2.08. The molecule has 0 spiro atoms. The van der Waals surface area contributed by atoms with E-state index >= 15 is 0 Å². The Hall–Kier alpha value is -2.66. The maximum Gasteiger partial charge on any atom is 0.199 e. The van der Waals surface area contributed by atoms with Crippen LogP contribution in [0.3, 0.4) is 0 Å². The Bertz CT molecular complexity index is 1040. The first kappa shape index (κ1) is 14.0. The van der Waals surface area contributed by atoms with E-state index in [9.17, 15) is 0 Å². The van der Waals surface area contributed by atoms with Gasteiger partial charge in [0.25, 0.3) is 0 Å². The fraction of sp³-hybridized carbons (Fsp3) is 0.111. The lowest BCUT2D eigenvalue weighted by Crippen LogP contribution is -2.04. The molecule has 0 atom stereocenters. The van der Waals surface area contributed by atoms with Crippen LogP contribution in [0.2, 0.25) is 0 Å². The number of hydrogen-bond donors (Lipinski definition) is 2. The minimum Gasteiger partial charge on any atom is -0.361 e. The van der Waals surface area contributed by atoms with Crippen molar-refractivity contribution in [2.24, 2.45) is 0 Å². The highest BCUT2D eigenvalue weighted by Gasteiger charge is 2.13. The molecule has 4 rings (SSSR count). The molecule has 0 aliphatic heterocycles. The molecule has 0 unspecified atom stereocenters. The lowest BCUT2D eigenvalue weighted by atomic mass is 10.1. The van der Waals surface area contributed by atoms with Crippen LogP contribution in [0.5, 0.6) is 0 Å². The zero-order valence-corrected chi connectivity index (χ0v) is 13.5. The molecule has 0 saturated heterocycles. The van der Waals surface area contributed by atoms with E-state index in [1.807, 2.05) is 29.0 Å². The van der Waals surface area contributed by atoms with E-state index < -0.39 is 0 Å². The number of nitrogens with one attached hydrogen (secondary N) is 2. The van der Waals surface area contributed by atoms with Gasteiger partial charge in [0.05, 0.1) is 5.69 Å². The molecule has 4 nitrogen and oxygen atoms in total. The number of benzene rings is 2. The van der Waals surface area contributed by atoms with Crippen LogP contribution in [-0.4, -0.2) is 19.7 Å². The molecule has 0 aliphatic carbocycles. The summed E-state index contributed by atoms with van der Waals surface area (Å²) in [5, 5.41) is 8.60. The Balaban J connectivity index is 1.82. The van der Waals surface area contributed by atoms with Crippen molar-refractivity contribution in [3.63, 3.8) is 0 Å². The standard InChI is InChI=1S/C18H16N4S/c1-12-6-2-5-9-16(12)22-17(20-21-18(22)23)10-13-11-19-15-8-4-3-7-14(13)15/h2-9,11,19H,10H2,1H3,(H,21,23). The maximum absolute atomic E-state index is 5.44. The lowest BCUT2D eigenvalue weighted by Gasteiger charge is -2.09. The highest BCUT2D eigenvalue weighted by molar-refractivity contribution is 7.71. The van der Waals surface area contributed by atoms with E-state index in [1.165, 1.54) is 16.5 Å². The molecule has 23 heavy (non-hydrogen) atoms. The van der Waals surface area contributed by atoms with E-state index in [1.54, 1.807) is 0 Å². The molecule has 2 aromatic carbocycles. The first-order chi connectivity index (χ1) is 11.2. The predicted molar refractivity (Wildman–Crippen MR) is 94.6 cm³/mol.